The molecule has 3 heterocycles. The van der Waals surface area contributed by atoms with Crippen molar-refractivity contribution in [3.8, 4) is 0 Å². The van der Waals surface area contributed by atoms with Crippen LogP contribution in [0.1, 0.15) is 47.2 Å². The summed E-state index contributed by atoms with van der Waals surface area (Å²) < 4.78 is 8.74. The van der Waals surface area contributed by atoms with Crippen LogP contribution >= 0.6 is 0 Å². The van der Waals surface area contributed by atoms with Crippen molar-refractivity contribution in [3.05, 3.63) is 52.7 Å². The van der Waals surface area contributed by atoms with Crippen molar-refractivity contribution in [2.75, 3.05) is 5.32 Å². The Morgan fingerprint density at radius 2 is 1.84 bits per heavy atom. The summed E-state index contributed by atoms with van der Waals surface area (Å²) in [6.07, 6.45) is 1.38. The van der Waals surface area contributed by atoms with Crippen LogP contribution in [0, 0.1) is 0 Å². The second-order valence-electron chi connectivity index (χ2n) is 9.75. The minimum Gasteiger partial charge on any atom is -0.448 e. The van der Waals surface area contributed by atoms with E-state index in [2.05, 4.69) is 31.1 Å². The fourth-order valence-corrected chi connectivity index (χ4v) is 3.41. The third kappa shape index (κ3) is 3.85. The van der Waals surface area contributed by atoms with E-state index in [0.717, 1.165) is 11.1 Å². The number of furan rings is 1. The predicted octanol–water partition coefficient (Wildman–Crippen LogP) is 4.03. The third-order valence-corrected chi connectivity index (χ3v) is 5.05. The maximum absolute atomic E-state index is 12.9. The first-order valence-electron chi connectivity index (χ1n) is 10.2. The van der Waals surface area contributed by atoms with Gasteiger partial charge in [0, 0.05) is 16.9 Å². The van der Waals surface area contributed by atoms with Gasteiger partial charge in [0.15, 0.2) is 0 Å². The number of nitrogens with one attached hydrogen (secondary N) is 1. The normalized spacial score (nSPS) is 12.6. The topological polar surface area (TPSA) is 95.0 Å². The first-order chi connectivity index (χ1) is 14.4. The molecule has 0 saturated carbocycles. The first kappa shape index (κ1) is 20.8. The van der Waals surface area contributed by atoms with Gasteiger partial charge in [0.2, 0.25) is 11.5 Å². The molecule has 0 unspecified atom stereocenters. The molecule has 1 aromatic carbocycles. The van der Waals surface area contributed by atoms with Gasteiger partial charge < -0.3 is 9.73 Å². The maximum atomic E-state index is 12.9. The van der Waals surface area contributed by atoms with E-state index in [0.29, 0.717) is 16.9 Å². The minimum atomic E-state index is -0.393. The van der Waals surface area contributed by atoms with E-state index >= 15 is 0 Å². The fourth-order valence-electron chi connectivity index (χ4n) is 3.41. The zero-order valence-electron chi connectivity index (χ0n) is 18.7. The number of rotatable bonds is 3. The van der Waals surface area contributed by atoms with Crippen molar-refractivity contribution < 1.29 is 9.21 Å². The van der Waals surface area contributed by atoms with E-state index < -0.39 is 5.56 Å². The minimum absolute atomic E-state index is 0.145. The Bertz CT molecular complexity index is 1350. The van der Waals surface area contributed by atoms with Gasteiger partial charge in [0.05, 0.1) is 17.6 Å². The molecule has 0 bridgehead atoms. The second kappa shape index (κ2) is 7.08. The number of anilines is 1. The molecule has 31 heavy (non-hydrogen) atoms. The molecule has 0 aliphatic rings. The average Bonchev–Trinajstić information content (AvgIpc) is 3.26. The lowest BCUT2D eigenvalue weighted by Crippen LogP contribution is -2.30. The van der Waals surface area contributed by atoms with Gasteiger partial charge in [0.25, 0.3) is 5.56 Å². The standard InChI is InChI=1S/C23H27N5O3/c1-22(2,3)16-11-17(28(26-16)23(4,5)6)25-18(29)12-27-13-24-19-14-9-7-8-10-15(14)31-20(19)21(27)30/h7-11,13H,12H2,1-6H3,(H,25,29). The Hall–Kier alpha value is -3.42. The van der Waals surface area contributed by atoms with Gasteiger partial charge in [0.1, 0.15) is 23.5 Å². The molecule has 162 valence electrons. The number of benzene rings is 1. The molecule has 0 fully saturated rings. The van der Waals surface area contributed by atoms with E-state index in [1.54, 1.807) is 10.7 Å². The van der Waals surface area contributed by atoms with Crippen LogP contribution in [0.3, 0.4) is 0 Å². The number of hydrogen-bond acceptors (Lipinski definition) is 5. The molecule has 0 radical (unpaired) electrons. The molecular weight excluding hydrogens is 394 g/mol. The summed E-state index contributed by atoms with van der Waals surface area (Å²) in [7, 11) is 0. The molecule has 4 rings (SSSR count). The summed E-state index contributed by atoms with van der Waals surface area (Å²) in [5.41, 5.74) is 1.23. The Morgan fingerprint density at radius 1 is 1.13 bits per heavy atom. The van der Waals surface area contributed by atoms with Gasteiger partial charge in [-0.15, -0.1) is 0 Å². The summed E-state index contributed by atoms with van der Waals surface area (Å²) in [6.45, 7) is 12.1. The zero-order valence-corrected chi connectivity index (χ0v) is 18.7. The van der Waals surface area contributed by atoms with Crippen LogP contribution in [0.2, 0.25) is 0 Å². The molecule has 0 aliphatic heterocycles. The summed E-state index contributed by atoms with van der Waals surface area (Å²) in [6, 6.07) is 9.22. The number of carbonyl (C=O) groups excluding carboxylic acids is 1. The van der Waals surface area contributed by atoms with Crippen molar-refractivity contribution in [3.63, 3.8) is 0 Å². The van der Waals surface area contributed by atoms with E-state index in [-0.39, 0.29) is 29.0 Å². The highest BCUT2D eigenvalue weighted by Crippen LogP contribution is 2.28. The van der Waals surface area contributed by atoms with Crippen molar-refractivity contribution in [2.45, 2.75) is 59.0 Å². The van der Waals surface area contributed by atoms with Crippen LogP contribution in [0.15, 0.2) is 45.9 Å². The largest absolute Gasteiger partial charge is 0.448 e. The molecule has 4 aromatic rings. The quantitative estimate of drug-likeness (QED) is 0.539. The number of hydrogen-bond donors (Lipinski definition) is 1. The van der Waals surface area contributed by atoms with Gasteiger partial charge in [-0.3, -0.25) is 14.2 Å². The first-order valence-corrected chi connectivity index (χ1v) is 10.2. The van der Waals surface area contributed by atoms with Gasteiger partial charge in [-0.2, -0.15) is 5.10 Å². The number of aromatic nitrogens is 4. The smallest absolute Gasteiger partial charge is 0.297 e. The highest BCUT2D eigenvalue weighted by molar-refractivity contribution is 6.01. The SMILES string of the molecule is CC(C)(C)c1cc(NC(=O)Cn2cnc3c(oc4ccccc43)c2=O)n(C(C)(C)C)n1. The van der Waals surface area contributed by atoms with Crippen molar-refractivity contribution in [1.82, 2.24) is 19.3 Å². The van der Waals surface area contributed by atoms with Crippen LogP contribution in [-0.4, -0.2) is 25.2 Å². The van der Waals surface area contributed by atoms with E-state index in [4.69, 9.17) is 9.52 Å². The van der Waals surface area contributed by atoms with Crippen molar-refractivity contribution in [2.24, 2.45) is 0 Å². The third-order valence-electron chi connectivity index (χ3n) is 5.05. The average molecular weight is 422 g/mol. The van der Waals surface area contributed by atoms with Crippen LogP contribution < -0.4 is 10.9 Å². The highest BCUT2D eigenvalue weighted by Gasteiger charge is 2.26. The zero-order chi connectivity index (χ0) is 22.6. The second-order valence-corrected chi connectivity index (χ2v) is 9.75. The molecule has 1 N–H and O–H groups in total. The summed E-state index contributed by atoms with van der Waals surface area (Å²) in [5.74, 6) is 0.249. The fraction of sp³-hybridized carbons (Fsp3) is 0.391. The molecule has 0 spiro atoms. The van der Waals surface area contributed by atoms with E-state index in [1.807, 2.05) is 45.0 Å². The Balaban J connectivity index is 1.64. The Labute approximate surface area is 179 Å². The van der Waals surface area contributed by atoms with Crippen molar-refractivity contribution >= 4 is 33.8 Å². The van der Waals surface area contributed by atoms with E-state index in [1.165, 1.54) is 10.9 Å². The van der Waals surface area contributed by atoms with Gasteiger partial charge in [-0.1, -0.05) is 32.9 Å². The van der Waals surface area contributed by atoms with E-state index in [9.17, 15) is 9.59 Å². The molecule has 3 aromatic heterocycles. The number of para-hydroxylation sites is 1. The van der Waals surface area contributed by atoms with Crippen LogP contribution in [0.5, 0.6) is 0 Å². The van der Waals surface area contributed by atoms with Gasteiger partial charge >= 0.3 is 0 Å². The highest BCUT2D eigenvalue weighted by atomic mass is 16.3. The lowest BCUT2D eigenvalue weighted by Gasteiger charge is -2.23. The number of amides is 1. The lowest BCUT2D eigenvalue weighted by atomic mass is 9.92. The molecule has 8 nitrogen and oxygen atoms in total. The van der Waals surface area contributed by atoms with Crippen LogP contribution in [0.25, 0.3) is 22.1 Å². The Kier molecular flexibility index (Phi) is 4.76. The molecule has 0 aliphatic carbocycles. The predicted molar refractivity (Wildman–Crippen MR) is 120 cm³/mol. The summed E-state index contributed by atoms with van der Waals surface area (Å²) >= 11 is 0. The Morgan fingerprint density at radius 3 is 2.52 bits per heavy atom. The van der Waals surface area contributed by atoms with Crippen molar-refractivity contribution in [1.29, 1.82) is 0 Å². The molecule has 0 saturated heterocycles. The number of nitrogens with zero attached hydrogens (tertiary/aromatic N) is 4. The molecular formula is C23H27N5O3. The monoisotopic (exact) mass is 421 g/mol. The van der Waals surface area contributed by atoms with Gasteiger partial charge in [-0.05, 0) is 32.9 Å². The van der Waals surface area contributed by atoms with Gasteiger partial charge in [-0.25, -0.2) is 9.67 Å². The molecule has 1 amide bonds. The maximum Gasteiger partial charge on any atom is 0.297 e. The molecule has 8 heteroatoms. The molecule has 0 atom stereocenters. The summed E-state index contributed by atoms with van der Waals surface area (Å²) in [5, 5.41) is 8.38. The lowest BCUT2D eigenvalue weighted by molar-refractivity contribution is -0.116. The van der Waals surface area contributed by atoms with Crippen LogP contribution in [0.4, 0.5) is 5.82 Å². The number of carbonyl (C=O) groups is 1. The number of fused-ring (bicyclic) bond motifs is 3. The van der Waals surface area contributed by atoms with Crippen LogP contribution in [-0.2, 0) is 22.3 Å². The summed E-state index contributed by atoms with van der Waals surface area (Å²) in [4.78, 5) is 30.0.